The van der Waals surface area contributed by atoms with E-state index < -0.39 is 0 Å². The Labute approximate surface area is 125 Å². The van der Waals surface area contributed by atoms with Gasteiger partial charge in [0.2, 0.25) is 0 Å². The average Bonchev–Trinajstić information content (AvgIpc) is 2.88. The van der Waals surface area contributed by atoms with Gasteiger partial charge >= 0.3 is 0 Å². The van der Waals surface area contributed by atoms with Crippen LogP contribution in [0.15, 0.2) is 53.4 Å². The molecule has 0 N–H and O–H groups in total. The first kappa shape index (κ1) is 13.0. The fraction of sp³-hybridized carbons (Fsp3) is 0.133. The van der Waals surface area contributed by atoms with Crippen molar-refractivity contribution in [2.75, 3.05) is 0 Å². The van der Waals surface area contributed by atoms with Gasteiger partial charge in [0.25, 0.3) is 0 Å². The first-order valence-corrected chi connectivity index (χ1v) is 8.31. The summed E-state index contributed by atoms with van der Waals surface area (Å²) in [6, 6.07) is 16.7. The van der Waals surface area contributed by atoms with Crippen LogP contribution in [0.4, 0.5) is 0 Å². The van der Waals surface area contributed by atoms with Crippen LogP contribution in [0.2, 0.25) is 0 Å². The van der Waals surface area contributed by atoms with Gasteiger partial charge in [-0.2, -0.15) is 0 Å². The van der Waals surface area contributed by atoms with E-state index in [1.165, 1.54) is 14.6 Å². The van der Waals surface area contributed by atoms with E-state index in [-0.39, 0.29) is 0 Å². The zero-order valence-electron chi connectivity index (χ0n) is 10.2. The molecule has 1 nitrogen and oxygen atoms in total. The Morgan fingerprint density at radius 3 is 2.58 bits per heavy atom. The van der Waals surface area contributed by atoms with Crippen LogP contribution in [-0.2, 0) is 11.6 Å². The molecule has 0 fully saturated rings. The Balaban J connectivity index is 1.70. The molecule has 0 radical (unpaired) electrons. The molecule has 0 unspecified atom stereocenters. The van der Waals surface area contributed by atoms with Crippen molar-refractivity contribution in [2.24, 2.45) is 0 Å². The van der Waals surface area contributed by atoms with Gasteiger partial charge in [0.15, 0.2) is 0 Å². The third kappa shape index (κ3) is 3.11. The molecule has 19 heavy (non-hydrogen) atoms. The predicted octanol–water partition coefficient (Wildman–Crippen LogP) is 5.33. The van der Waals surface area contributed by atoms with E-state index in [9.17, 15) is 0 Å². The summed E-state index contributed by atoms with van der Waals surface area (Å²) in [5, 5.41) is 1.17. The SMILES string of the molecule is ClCc1ccc(SCc2nc3ccccc3s2)cc1. The smallest absolute Gasteiger partial charge is 0.104 e. The lowest BCUT2D eigenvalue weighted by molar-refractivity contribution is 1.29. The lowest BCUT2D eigenvalue weighted by atomic mass is 10.2. The first-order valence-electron chi connectivity index (χ1n) is 5.97. The third-order valence-corrected chi connectivity index (χ3v) is 5.33. The van der Waals surface area contributed by atoms with Crippen molar-refractivity contribution >= 4 is 44.9 Å². The lowest BCUT2D eigenvalue weighted by Crippen LogP contribution is -1.80. The predicted molar refractivity (Wildman–Crippen MR) is 85.2 cm³/mol. The van der Waals surface area contributed by atoms with E-state index in [4.69, 9.17) is 11.6 Å². The number of hydrogen-bond donors (Lipinski definition) is 0. The van der Waals surface area contributed by atoms with Crippen molar-refractivity contribution < 1.29 is 0 Å². The number of nitrogens with zero attached hydrogens (tertiary/aromatic N) is 1. The highest BCUT2D eigenvalue weighted by Crippen LogP contribution is 2.28. The number of halogens is 1. The average molecular weight is 306 g/mol. The van der Waals surface area contributed by atoms with Crippen LogP contribution in [0.25, 0.3) is 10.2 Å². The largest absolute Gasteiger partial charge is 0.240 e. The van der Waals surface area contributed by atoms with Crippen molar-refractivity contribution in [2.45, 2.75) is 16.5 Å². The Morgan fingerprint density at radius 1 is 1.05 bits per heavy atom. The summed E-state index contributed by atoms with van der Waals surface area (Å²) in [7, 11) is 0. The number of hydrogen-bond acceptors (Lipinski definition) is 3. The number of rotatable bonds is 4. The van der Waals surface area contributed by atoms with Crippen LogP contribution in [0.5, 0.6) is 0 Å². The minimum Gasteiger partial charge on any atom is -0.240 e. The quantitative estimate of drug-likeness (QED) is 0.477. The van der Waals surface area contributed by atoms with Crippen LogP contribution in [-0.4, -0.2) is 4.98 Å². The van der Waals surface area contributed by atoms with Gasteiger partial charge in [0.05, 0.1) is 16.0 Å². The topological polar surface area (TPSA) is 12.9 Å². The Kier molecular flexibility index (Phi) is 4.06. The molecule has 0 aliphatic carbocycles. The zero-order valence-corrected chi connectivity index (χ0v) is 12.6. The molecule has 0 bridgehead atoms. The van der Waals surface area contributed by atoms with Gasteiger partial charge in [0.1, 0.15) is 5.01 Å². The number of thioether (sulfide) groups is 1. The summed E-state index contributed by atoms with van der Waals surface area (Å²) in [6.45, 7) is 0. The van der Waals surface area contributed by atoms with Gasteiger partial charge in [-0.25, -0.2) is 4.98 Å². The van der Waals surface area contributed by atoms with E-state index in [1.807, 2.05) is 17.8 Å². The van der Waals surface area contributed by atoms with Crippen molar-refractivity contribution in [1.29, 1.82) is 0 Å². The van der Waals surface area contributed by atoms with Crippen molar-refractivity contribution in [3.8, 4) is 0 Å². The summed E-state index contributed by atoms with van der Waals surface area (Å²) in [5.74, 6) is 1.49. The minimum absolute atomic E-state index is 0.572. The van der Waals surface area contributed by atoms with Crippen LogP contribution in [0.1, 0.15) is 10.6 Å². The molecule has 0 aliphatic rings. The highest BCUT2D eigenvalue weighted by atomic mass is 35.5. The molecular weight excluding hydrogens is 294 g/mol. The standard InChI is InChI=1S/C15H12ClNS2/c16-9-11-5-7-12(8-6-11)18-10-15-17-13-3-1-2-4-14(13)19-15/h1-8H,9-10H2. The number of thiazole rings is 1. The van der Waals surface area contributed by atoms with Gasteiger partial charge in [0, 0.05) is 10.8 Å². The minimum atomic E-state index is 0.572. The normalized spacial score (nSPS) is 11.0. The molecule has 4 heteroatoms. The zero-order chi connectivity index (χ0) is 13.1. The second-order valence-electron chi connectivity index (χ2n) is 4.14. The lowest BCUT2D eigenvalue weighted by Gasteiger charge is -2.00. The summed E-state index contributed by atoms with van der Waals surface area (Å²) in [6.07, 6.45) is 0. The van der Waals surface area contributed by atoms with Crippen LogP contribution in [0.3, 0.4) is 0 Å². The molecule has 0 atom stereocenters. The summed E-state index contributed by atoms with van der Waals surface area (Å²) >= 11 is 9.37. The van der Waals surface area contributed by atoms with Crippen LogP contribution < -0.4 is 0 Å². The molecule has 3 aromatic rings. The maximum atomic E-state index is 5.78. The van der Waals surface area contributed by atoms with E-state index in [1.54, 1.807) is 11.3 Å². The number of para-hydroxylation sites is 1. The molecule has 0 spiro atoms. The number of benzene rings is 2. The summed E-state index contributed by atoms with van der Waals surface area (Å²) < 4.78 is 1.26. The van der Waals surface area contributed by atoms with Crippen LogP contribution in [0, 0.1) is 0 Å². The molecule has 3 rings (SSSR count). The second-order valence-corrected chi connectivity index (χ2v) is 6.57. The molecular formula is C15H12ClNS2. The molecule has 0 amide bonds. The van der Waals surface area contributed by atoms with E-state index in [2.05, 4.69) is 47.4 Å². The van der Waals surface area contributed by atoms with E-state index >= 15 is 0 Å². The number of fused-ring (bicyclic) bond motifs is 1. The molecule has 0 saturated heterocycles. The fourth-order valence-electron chi connectivity index (χ4n) is 1.80. The molecule has 2 aromatic carbocycles. The summed E-state index contributed by atoms with van der Waals surface area (Å²) in [4.78, 5) is 5.90. The maximum absolute atomic E-state index is 5.78. The third-order valence-electron chi connectivity index (χ3n) is 2.78. The Bertz CT molecular complexity index is 643. The second kappa shape index (κ2) is 5.95. The fourth-order valence-corrected chi connectivity index (χ4v) is 3.84. The van der Waals surface area contributed by atoms with E-state index in [0.717, 1.165) is 16.8 Å². The Hall–Kier alpha value is -1.03. The number of aromatic nitrogens is 1. The Morgan fingerprint density at radius 2 is 1.84 bits per heavy atom. The van der Waals surface area contributed by atoms with Crippen molar-refractivity contribution in [3.05, 3.63) is 59.1 Å². The maximum Gasteiger partial charge on any atom is 0.104 e. The highest BCUT2D eigenvalue weighted by molar-refractivity contribution is 7.98. The van der Waals surface area contributed by atoms with Gasteiger partial charge in [-0.1, -0.05) is 24.3 Å². The molecule has 0 saturated carbocycles. The van der Waals surface area contributed by atoms with Crippen molar-refractivity contribution in [3.63, 3.8) is 0 Å². The molecule has 1 heterocycles. The first-order chi connectivity index (χ1) is 9.35. The van der Waals surface area contributed by atoms with E-state index in [0.29, 0.717) is 5.88 Å². The van der Waals surface area contributed by atoms with Gasteiger partial charge in [-0.05, 0) is 29.8 Å². The van der Waals surface area contributed by atoms with Crippen LogP contribution >= 0.6 is 34.7 Å². The van der Waals surface area contributed by atoms with Gasteiger partial charge < -0.3 is 0 Å². The molecule has 1 aromatic heterocycles. The molecule has 0 aliphatic heterocycles. The van der Waals surface area contributed by atoms with Gasteiger partial charge in [-0.3, -0.25) is 0 Å². The van der Waals surface area contributed by atoms with Crippen molar-refractivity contribution in [1.82, 2.24) is 4.98 Å². The van der Waals surface area contributed by atoms with Gasteiger partial charge in [-0.15, -0.1) is 34.7 Å². The summed E-state index contributed by atoms with van der Waals surface area (Å²) in [5.41, 5.74) is 2.26. The highest BCUT2D eigenvalue weighted by Gasteiger charge is 2.03. The molecule has 96 valence electrons. The monoisotopic (exact) mass is 305 g/mol. The number of alkyl halides is 1.